The van der Waals surface area contributed by atoms with Gasteiger partial charge in [-0.1, -0.05) is 25.0 Å². The van der Waals surface area contributed by atoms with Crippen molar-refractivity contribution in [3.63, 3.8) is 0 Å². The van der Waals surface area contributed by atoms with Crippen molar-refractivity contribution < 1.29 is 18.6 Å². The number of anilines is 1. The minimum Gasteiger partial charge on any atom is -0.484 e. The van der Waals surface area contributed by atoms with Gasteiger partial charge < -0.3 is 14.7 Å². The van der Waals surface area contributed by atoms with E-state index in [2.05, 4.69) is 5.32 Å². The number of halogens is 1. The molecule has 4 nitrogen and oxygen atoms in total. The number of carbonyl (C=O) groups is 1. The van der Waals surface area contributed by atoms with Gasteiger partial charge in [0.15, 0.2) is 0 Å². The summed E-state index contributed by atoms with van der Waals surface area (Å²) in [5.41, 5.74) is -0.0864. The van der Waals surface area contributed by atoms with Gasteiger partial charge in [0.05, 0.1) is 5.60 Å². The van der Waals surface area contributed by atoms with Gasteiger partial charge in [-0.25, -0.2) is 4.39 Å². The first kappa shape index (κ1) is 18.5. The van der Waals surface area contributed by atoms with E-state index >= 15 is 0 Å². The second-order valence-electron chi connectivity index (χ2n) is 7.57. The fraction of sp³-hybridized carbons (Fsp3) is 0.350. The molecule has 1 N–H and O–H groups in total. The topological polar surface area (TPSA) is 47.6 Å². The summed E-state index contributed by atoms with van der Waals surface area (Å²) < 4.78 is 26.9. The fourth-order valence-electron chi connectivity index (χ4n) is 2.89. The first-order valence-electron chi connectivity index (χ1n) is 8.67. The van der Waals surface area contributed by atoms with Crippen molar-refractivity contribution in [2.75, 3.05) is 5.32 Å². The predicted octanol–water partition coefficient (Wildman–Crippen LogP) is 3.87. The monoisotopic (exact) mass is 355 g/mol. The van der Waals surface area contributed by atoms with E-state index in [0.29, 0.717) is 5.69 Å². The molecule has 136 valence electrons. The lowest BCUT2D eigenvalue weighted by atomic mass is 9.62. The third kappa shape index (κ3) is 3.34. The Kier molecular flexibility index (Phi) is 4.57. The van der Waals surface area contributed by atoms with Crippen LogP contribution in [0.4, 0.5) is 10.1 Å². The van der Waals surface area contributed by atoms with E-state index in [1.165, 1.54) is 12.1 Å². The number of hydrogen-bond acceptors (Lipinski definition) is 3. The lowest BCUT2D eigenvalue weighted by Crippen LogP contribution is -2.55. The van der Waals surface area contributed by atoms with E-state index in [-0.39, 0.29) is 18.2 Å². The minimum atomic E-state index is -0.822. The molecule has 0 fully saturated rings. The maximum Gasteiger partial charge on any atom is 0.324 e. The molecule has 2 bridgehead atoms. The summed E-state index contributed by atoms with van der Waals surface area (Å²) >= 11 is 0. The number of hydrogen-bond donors (Lipinski definition) is 1. The molecule has 26 heavy (non-hydrogen) atoms. The number of nitrogens with one attached hydrogen (secondary N) is 1. The Balaban J connectivity index is 2.16. The van der Waals surface area contributed by atoms with Gasteiger partial charge in [0.1, 0.15) is 22.7 Å². The van der Waals surface area contributed by atoms with Gasteiger partial charge >= 0.3 is 6.92 Å². The van der Waals surface area contributed by atoms with Crippen LogP contribution in [-0.4, -0.2) is 24.0 Å². The van der Waals surface area contributed by atoms with Crippen LogP contribution in [0.2, 0.25) is 6.82 Å². The average Bonchev–Trinajstić information content (AvgIpc) is 2.54. The molecule has 0 saturated carbocycles. The Morgan fingerprint density at radius 3 is 2.31 bits per heavy atom. The number of benzene rings is 2. The molecule has 0 radical (unpaired) electrons. The van der Waals surface area contributed by atoms with Crippen molar-refractivity contribution in [3.8, 4) is 5.75 Å². The third-order valence-electron chi connectivity index (χ3n) is 5.13. The van der Waals surface area contributed by atoms with Crippen LogP contribution in [-0.2, 0) is 4.65 Å². The standard InChI is InChI=1S/C20H23BFNO3/c1-19(2)20(3,4)26-21(5)13-9-11-14(12-10-13)23-18(24)17-15(22)7-6-8-16(17)25-19/h6-12H,1-5H3,(H,23,24). The molecule has 0 spiro atoms. The quantitative estimate of drug-likeness (QED) is 0.730. The number of ether oxygens (including phenoxy) is 1. The van der Waals surface area contributed by atoms with Crippen LogP contribution in [0.5, 0.6) is 5.75 Å². The highest BCUT2D eigenvalue weighted by Crippen LogP contribution is 2.34. The predicted molar refractivity (Wildman–Crippen MR) is 102 cm³/mol. The Morgan fingerprint density at radius 2 is 1.65 bits per heavy atom. The Labute approximate surface area is 153 Å². The molecule has 0 unspecified atom stereocenters. The second kappa shape index (κ2) is 6.43. The summed E-state index contributed by atoms with van der Waals surface area (Å²) in [6, 6.07) is 11.7. The Hall–Kier alpha value is -2.34. The van der Waals surface area contributed by atoms with Crippen molar-refractivity contribution >= 4 is 24.0 Å². The summed E-state index contributed by atoms with van der Waals surface area (Å²) in [4.78, 5) is 12.7. The largest absolute Gasteiger partial charge is 0.484 e. The first-order valence-corrected chi connectivity index (χ1v) is 8.67. The second-order valence-corrected chi connectivity index (χ2v) is 7.57. The molecule has 6 heteroatoms. The van der Waals surface area contributed by atoms with Crippen LogP contribution >= 0.6 is 0 Å². The number of amides is 1. The molecule has 2 aliphatic rings. The SMILES string of the molecule is CB1OC(C)(C)C(C)(C)Oc2cccc(F)c2C(=O)Nc2ccc1cc2. The van der Waals surface area contributed by atoms with E-state index in [1.54, 1.807) is 18.2 Å². The van der Waals surface area contributed by atoms with Gasteiger partial charge in [-0.15, -0.1) is 0 Å². The first-order chi connectivity index (χ1) is 12.1. The number of rotatable bonds is 0. The molecule has 0 aliphatic carbocycles. The molecule has 4 rings (SSSR count). The average molecular weight is 355 g/mol. The van der Waals surface area contributed by atoms with E-state index in [4.69, 9.17) is 9.39 Å². The van der Waals surface area contributed by atoms with Crippen LogP contribution in [0.1, 0.15) is 38.1 Å². The molecule has 0 saturated heterocycles. The fourth-order valence-corrected chi connectivity index (χ4v) is 2.89. The Bertz CT molecular complexity index is 833. The van der Waals surface area contributed by atoms with E-state index in [1.807, 2.05) is 46.7 Å². The summed E-state index contributed by atoms with van der Waals surface area (Å²) in [5.74, 6) is -0.992. The van der Waals surface area contributed by atoms with Crippen LogP contribution in [0, 0.1) is 5.82 Å². The highest BCUT2D eigenvalue weighted by atomic mass is 19.1. The third-order valence-corrected chi connectivity index (χ3v) is 5.13. The maximum atomic E-state index is 14.5. The van der Waals surface area contributed by atoms with Gasteiger partial charge in [0.25, 0.3) is 5.91 Å². The summed E-state index contributed by atoms with van der Waals surface area (Å²) in [6.07, 6.45) is 0. The Morgan fingerprint density at radius 1 is 1.00 bits per heavy atom. The van der Waals surface area contributed by atoms with Crippen molar-refractivity contribution in [1.29, 1.82) is 0 Å². The van der Waals surface area contributed by atoms with Gasteiger partial charge in [-0.2, -0.15) is 0 Å². The van der Waals surface area contributed by atoms with Crippen molar-refractivity contribution in [2.45, 2.75) is 45.7 Å². The van der Waals surface area contributed by atoms with Gasteiger partial charge in [0.2, 0.25) is 0 Å². The molecule has 2 aliphatic heterocycles. The molecule has 0 atom stereocenters. The molecule has 2 aromatic carbocycles. The van der Waals surface area contributed by atoms with Crippen molar-refractivity contribution in [2.24, 2.45) is 0 Å². The molecule has 0 aromatic heterocycles. The van der Waals surface area contributed by atoms with Crippen LogP contribution in [0.3, 0.4) is 0 Å². The van der Waals surface area contributed by atoms with E-state index in [0.717, 1.165) is 5.46 Å². The number of carbonyl (C=O) groups excluding carboxylic acids is 1. The molecule has 1 amide bonds. The number of fused-ring (bicyclic) bond motifs is 7. The normalized spacial score (nSPS) is 18.7. The highest BCUT2D eigenvalue weighted by Gasteiger charge is 2.42. The van der Waals surface area contributed by atoms with E-state index in [9.17, 15) is 9.18 Å². The van der Waals surface area contributed by atoms with Gasteiger partial charge in [0, 0.05) is 5.69 Å². The van der Waals surface area contributed by atoms with Gasteiger partial charge in [-0.05, 0) is 57.4 Å². The summed E-state index contributed by atoms with van der Waals surface area (Å²) in [5, 5.41) is 2.73. The van der Waals surface area contributed by atoms with Crippen LogP contribution < -0.4 is 15.5 Å². The highest BCUT2D eigenvalue weighted by molar-refractivity contribution is 6.66. The lowest BCUT2D eigenvalue weighted by Gasteiger charge is -2.43. The smallest absolute Gasteiger partial charge is 0.324 e. The van der Waals surface area contributed by atoms with Crippen molar-refractivity contribution in [1.82, 2.24) is 0 Å². The lowest BCUT2D eigenvalue weighted by molar-refractivity contribution is -0.0745. The van der Waals surface area contributed by atoms with Crippen molar-refractivity contribution in [3.05, 3.63) is 53.8 Å². The summed E-state index contributed by atoms with van der Waals surface area (Å²) in [6.45, 7) is 9.39. The van der Waals surface area contributed by atoms with Crippen LogP contribution in [0.15, 0.2) is 42.5 Å². The zero-order valence-electron chi connectivity index (χ0n) is 15.7. The molecule has 2 heterocycles. The summed E-state index contributed by atoms with van der Waals surface area (Å²) in [7, 11) is 0. The maximum absolute atomic E-state index is 14.5. The van der Waals surface area contributed by atoms with E-state index < -0.39 is 22.9 Å². The molecular formula is C20H23BFNO3. The molecule has 2 aromatic rings. The van der Waals surface area contributed by atoms with Crippen LogP contribution in [0.25, 0.3) is 0 Å². The minimum absolute atomic E-state index is 0.118. The molecular weight excluding hydrogens is 332 g/mol. The van der Waals surface area contributed by atoms with Gasteiger partial charge in [-0.3, -0.25) is 4.79 Å². The zero-order valence-corrected chi connectivity index (χ0v) is 15.7. The zero-order chi connectivity index (χ0) is 19.1.